The summed E-state index contributed by atoms with van der Waals surface area (Å²) in [6.45, 7) is 9.55. The van der Waals surface area contributed by atoms with E-state index in [-0.39, 0.29) is 10.8 Å². The van der Waals surface area contributed by atoms with E-state index in [4.69, 9.17) is 4.74 Å². The Bertz CT molecular complexity index is 779. The Balaban J connectivity index is 2.05. The van der Waals surface area contributed by atoms with Crippen LogP contribution in [0.3, 0.4) is 0 Å². The summed E-state index contributed by atoms with van der Waals surface area (Å²) in [4.78, 5) is 0. The van der Waals surface area contributed by atoms with Gasteiger partial charge in [0.15, 0.2) is 0 Å². The van der Waals surface area contributed by atoms with E-state index in [0.717, 1.165) is 34.7 Å². The van der Waals surface area contributed by atoms with Crippen LogP contribution in [0.15, 0.2) is 24.3 Å². The summed E-state index contributed by atoms with van der Waals surface area (Å²) in [5.74, 6) is 0.845. The number of ether oxygens (including phenoxy) is 1. The van der Waals surface area contributed by atoms with Gasteiger partial charge in [0.1, 0.15) is 12.4 Å². The largest absolute Gasteiger partial charge is 0.489 e. The van der Waals surface area contributed by atoms with E-state index in [0.29, 0.717) is 6.61 Å². The standard InChI is InChI=1S/C19H22NO2/c1-18(2)10-14-12-7-8-15-13(6-5-9-22-15)16(12)20(21)17(14)19(3,4)11-18/h5-8,10,21H,9,11H2,1-4H3/q+1. The second kappa shape index (κ2) is 4.03. The molecule has 0 saturated carbocycles. The number of hydrogen-bond donors (Lipinski definition) is 1. The first-order valence-electron chi connectivity index (χ1n) is 7.87. The van der Waals surface area contributed by atoms with E-state index in [1.807, 2.05) is 12.1 Å². The van der Waals surface area contributed by atoms with E-state index in [2.05, 4.69) is 45.9 Å². The van der Waals surface area contributed by atoms with Gasteiger partial charge < -0.3 is 4.74 Å². The third-order valence-corrected chi connectivity index (χ3v) is 4.84. The van der Waals surface area contributed by atoms with Crippen LogP contribution >= 0.6 is 0 Å². The fourth-order valence-electron chi connectivity index (χ4n) is 4.44. The van der Waals surface area contributed by atoms with Crippen LogP contribution in [0, 0.1) is 10.8 Å². The maximum absolute atomic E-state index is 10.9. The smallest absolute Gasteiger partial charge is 0.276 e. The Morgan fingerprint density at radius 2 is 1.95 bits per heavy atom. The molecule has 4 rings (SSSR count). The van der Waals surface area contributed by atoms with Gasteiger partial charge in [-0.1, -0.05) is 19.9 Å². The average Bonchev–Trinajstić information content (AvgIpc) is 2.70. The molecule has 3 heteroatoms. The molecule has 3 nitrogen and oxygen atoms in total. The normalized spacial score (nSPS) is 23.4. The summed E-state index contributed by atoms with van der Waals surface area (Å²) >= 11 is 0. The molecule has 1 aromatic rings. The molecule has 3 aliphatic rings. The molecule has 22 heavy (non-hydrogen) atoms. The van der Waals surface area contributed by atoms with Crippen molar-refractivity contribution in [3.05, 3.63) is 35.4 Å². The Labute approximate surface area is 131 Å². The minimum absolute atomic E-state index is 0.0759. The van der Waals surface area contributed by atoms with Gasteiger partial charge in [-0.25, -0.2) is 0 Å². The number of nitrogens with zero attached hydrogens (tertiary/aromatic N) is 1. The first-order valence-corrected chi connectivity index (χ1v) is 7.87. The average molecular weight is 296 g/mol. The van der Waals surface area contributed by atoms with Crippen LogP contribution in [0.5, 0.6) is 5.75 Å². The van der Waals surface area contributed by atoms with Gasteiger partial charge in [0.05, 0.1) is 22.1 Å². The summed E-state index contributed by atoms with van der Waals surface area (Å²) in [6, 6.07) is 4.09. The maximum Gasteiger partial charge on any atom is 0.276 e. The van der Waals surface area contributed by atoms with Crippen molar-refractivity contribution in [1.82, 2.24) is 0 Å². The van der Waals surface area contributed by atoms with E-state index in [9.17, 15) is 5.21 Å². The Kier molecular flexibility index (Phi) is 2.50. The minimum atomic E-state index is -0.0759. The molecule has 2 heterocycles. The summed E-state index contributed by atoms with van der Waals surface area (Å²) in [6.07, 6.45) is 7.37. The van der Waals surface area contributed by atoms with Crippen molar-refractivity contribution in [2.45, 2.75) is 34.1 Å². The molecule has 0 amide bonds. The number of fused-ring (bicyclic) bond motifs is 5. The molecular weight excluding hydrogens is 274 g/mol. The fraction of sp³-hybridized carbons (Fsp3) is 0.421. The zero-order chi connectivity index (χ0) is 15.7. The van der Waals surface area contributed by atoms with Crippen molar-refractivity contribution in [3.8, 4) is 5.75 Å². The van der Waals surface area contributed by atoms with Gasteiger partial charge in [0.25, 0.3) is 5.69 Å². The molecule has 0 bridgehead atoms. The highest BCUT2D eigenvalue weighted by atomic mass is 16.5. The van der Waals surface area contributed by atoms with Crippen LogP contribution in [0.1, 0.15) is 45.2 Å². The van der Waals surface area contributed by atoms with Gasteiger partial charge in [-0.3, -0.25) is 5.21 Å². The monoisotopic (exact) mass is 296 g/mol. The third kappa shape index (κ3) is 1.71. The lowest BCUT2D eigenvalue weighted by atomic mass is 9.65. The van der Waals surface area contributed by atoms with Gasteiger partial charge in [-0.2, -0.15) is 0 Å². The second-order valence-electron chi connectivity index (χ2n) is 7.85. The Hall–Kier alpha value is -2.03. The third-order valence-electron chi connectivity index (χ3n) is 4.84. The summed E-state index contributed by atoms with van der Waals surface area (Å²) in [5.41, 5.74) is 5.16. The molecule has 2 aliphatic heterocycles. The van der Waals surface area contributed by atoms with Crippen molar-refractivity contribution in [1.29, 1.82) is 0 Å². The molecule has 0 atom stereocenters. The second-order valence-corrected chi connectivity index (χ2v) is 7.85. The van der Waals surface area contributed by atoms with Crippen LogP contribution in [0.25, 0.3) is 11.6 Å². The van der Waals surface area contributed by atoms with Crippen molar-refractivity contribution in [2.24, 2.45) is 10.8 Å². The molecule has 0 fully saturated rings. The number of rotatable bonds is 0. The molecule has 0 saturated heterocycles. The van der Waals surface area contributed by atoms with Crippen LogP contribution < -0.4 is 4.74 Å². The SMILES string of the molecule is CC1(C)C=C2C(=[N+](O)c3c2ccc2c3C=CCO2)C(C)(C)C1. The number of benzene rings is 1. The number of allylic oxidation sites excluding steroid dienone is 2. The van der Waals surface area contributed by atoms with E-state index < -0.39 is 0 Å². The quantitative estimate of drug-likeness (QED) is 0.568. The highest BCUT2D eigenvalue weighted by Gasteiger charge is 2.51. The minimum Gasteiger partial charge on any atom is -0.489 e. The van der Waals surface area contributed by atoms with Crippen molar-refractivity contribution >= 4 is 23.0 Å². The van der Waals surface area contributed by atoms with E-state index >= 15 is 0 Å². The molecule has 0 spiro atoms. The summed E-state index contributed by atoms with van der Waals surface area (Å²) < 4.78 is 7.09. The molecule has 0 aromatic heterocycles. The Morgan fingerprint density at radius 1 is 1.18 bits per heavy atom. The highest BCUT2D eigenvalue weighted by Crippen LogP contribution is 2.52. The predicted molar refractivity (Wildman–Crippen MR) is 87.8 cm³/mol. The summed E-state index contributed by atoms with van der Waals surface area (Å²) in [7, 11) is 0. The predicted octanol–water partition coefficient (Wildman–Crippen LogP) is 4.42. The van der Waals surface area contributed by atoms with Crippen molar-refractivity contribution < 1.29 is 14.7 Å². The van der Waals surface area contributed by atoms with Gasteiger partial charge in [0, 0.05) is 4.74 Å². The summed E-state index contributed by atoms with van der Waals surface area (Å²) in [5, 5.41) is 10.9. The topological polar surface area (TPSA) is 32.5 Å². The van der Waals surface area contributed by atoms with Gasteiger partial charge in [-0.15, -0.1) is 0 Å². The van der Waals surface area contributed by atoms with Crippen LogP contribution in [-0.2, 0) is 0 Å². The van der Waals surface area contributed by atoms with Gasteiger partial charge in [0.2, 0.25) is 5.71 Å². The lowest BCUT2D eigenvalue weighted by molar-refractivity contribution is -0.712. The molecule has 0 radical (unpaired) electrons. The molecule has 0 unspecified atom stereocenters. The zero-order valence-corrected chi connectivity index (χ0v) is 13.6. The molecule has 1 aromatic carbocycles. The molecule has 1 aliphatic carbocycles. The number of hydrogen-bond acceptors (Lipinski definition) is 2. The van der Waals surface area contributed by atoms with Crippen LogP contribution in [0.4, 0.5) is 5.69 Å². The molecule has 114 valence electrons. The highest BCUT2D eigenvalue weighted by molar-refractivity contribution is 6.28. The first kappa shape index (κ1) is 13.6. The van der Waals surface area contributed by atoms with Gasteiger partial charge >= 0.3 is 0 Å². The van der Waals surface area contributed by atoms with Crippen LogP contribution in [-0.4, -0.2) is 22.3 Å². The molecular formula is C19H22NO2+. The van der Waals surface area contributed by atoms with Crippen molar-refractivity contribution in [3.63, 3.8) is 0 Å². The van der Waals surface area contributed by atoms with Gasteiger partial charge in [-0.05, 0) is 50.0 Å². The first-order chi connectivity index (χ1) is 10.3. The van der Waals surface area contributed by atoms with Crippen LogP contribution in [0.2, 0.25) is 0 Å². The molecule has 1 N–H and O–H groups in total. The van der Waals surface area contributed by atoms with Crippen molar-refractivity contribution in [2.75, 3.05) is 6.61 Å². The fourth-order valence-corrected chi connectivity index (χ4v) is 4.44. The maximum atomic E-state index is 10.9. The van der Waals surface area contributed by atoms with E-state index in [1.165, 1.54) is 10.3 Å². The lowest BCUT2D eigenvalue weighted by Crippen LogP contribution is -2.37. The zero-order valence-electron chi connectivity index (χ0n) is 13.6. The van der Waals surface area contributed by atoms with E-state index in [1.54, 1.807) is 0 Å². The Morgan fingerprint density at radius 3 is 2.73 bits per heavy atom. The lowest BCUT2D eigenvalue weighted by Gasteiger charge is -2.35.